The van der Waals surface area contributed by atoms with E-state index in [1.165, 1.54) is 0 Å². The summed E-state index contributed by atoms with van der Waals surface area (Å²) in [6.07, 6.45) is 3.82. The van der Waals surface area contributed by atoms with Crippen molar-refractivity contribution in [2.75, 3.05) is 20.2 Å². The summed E-state index contributed by atoms with van der Waals surface area (Å²) in [7, 11) is 1.70. The zero-order chi connectivity index (χ0) is 17.4. The van der Waals surface area contributed by atoms with Crippen molar-refractivity contribution in [3.8, 4) is 5.75 Å². The number of allylic oxidation sites excluding steroid dienone is 1. The number of nitrogens with one attached hydrogen (secondary N) is 3. The number of carbonyl (C=O) groups is 1. The summed E-state index contributed by atoms with van der Waals surface area (Å²) in [6.45, 7) is 4.18. The molecule has 134 valence electrons. The maximum Gasteiger partial charge on any atom is 0.247 e. The number of ether oxygens (including phenoxy) is 1. The van der Waals surface area contributed by atoms with Crippen molar-refractivity contribution in [2.24, 2.45) is 5.92 Å². The second-order valence-corrected chi connectivity index (χ2v) is 7.10. The summed E-state index contributed by atoms with van der Waals surface area (Å²) < 4.78 is 5.57. The number of nitrogens with zero attached hydrogens (tertiary/aromatic N) is 1. The molecule has 1 aromatic rings. The maximum atomic E-state index is 12.4. The Morgan fingerprint density at radius 1 is 1.20 bits per heavy atom. The molecule has 3 aliphatic rings. The topological polar surface area (TPSA) is 65.6 Å². The molecule has 3 atom stereocenters. The molecule has 1 amide bonds. The van der Waals surface area contributed by atoms with Gasteiger partial charge in [0.05, 0.1) is 7.11 Å². The lowest BCUT2D eigenvalue weighted by atomic mass is 9.88. The van der Waals surface area contributed by atoms with Crippen LogP contribution in [0.4, 0.5) is 0 Å². The van der Waals surface area contributed by atoms with E-state index < -0.39 is 0 Å². The van der Waals surface area contributed by atoms with Gasteiger partial charge < -0.3 is 15.4 Å². The van der Waals surface area contributed by atoms with Crippen molar-refractivity contribution in [1.82, 2.24) is 21.1 Å². The molecule has 3 aliphatic heterocycles. The lowest BCUT2D eigenvalue weighted by Gasteiger charge is -2.39. The van der Waals surface area contributed by atoms with Crippen LogP contribution < -0.4 is 20.8 Å². The molecular formula is C19H26N4O2. The minimum atomic E-state index is -0.0892. The van der Waals surface area contributed by atoms with Crippen LogP contribution in [0.15, 0.2) is 36.0 Å². The van der Waals surface area contributed by atoms with Crippen LogP contribution >= 0.6 is 0 Å². The normalized spacial score (nSPS) is 29.8. The van der Waals surface area contributed by atoms with Crippen LogP contribution in [0.25, 0.3) is 0 Å². The van der Waals surface area contributed by atoms with E-state index in [-0.39, 0.29) is 24.0 Å². The molecule has 6 heteroatoms. The summed E-state index contributed by atoms with van der Waals surface area (Å²) in [5, 5.41) is 8.75. The van der Waals surface area contributed by atoms with E-state index in [4.69, 9.17) is 4.74 Å². The Labute approximate surface area is 148 Å². The first-order valence-corrected chi connectivity index (χ1v) is 9.10. The van der Waals surface area contributed by atoms with E-state index in [1.807, 2.05) is 18.2 Å². The molecule has 0 bridgehead atoms. The number of piperidine rings is 1. The van der Waals surface area contributed by atoms with E-state index in [0.29, 0.717) is 5.92 Å². The van der Waals surface area contributed by atoms with Gasteiger partial charge in [-0.1, -0.05) is 18.2 Å². The predicted octanol–water partition coefficient (Wildman–Crippen LogP) is 1.33. The molecule has 2 saturated heterocycles. The maximum absolute atomic E-state index is 12.4. The second kappa shape index (κ2) is 6.69. The third kappa shape index (κ3) is 2.89. The molecule has 3 N–H and O–H groups in total. The fourth-order valence-electron chi connectivity index (χ4n) is 4.41. The molecule has 3 heterocycles. The van der Waals surface area contributed by atoms with Gasteiger partial charge >= 0.3 is 0 Å². The number of para-hydroxylation sites is 1. The van der Waals surface area contributed by atoms with E-state index in [9.17, 15) is 4.79 Å². The number of carbonyl (C=O) groups excluding carboxylic acids is 1. The number of amides is 1. The van der Waals surface area contributed by atoms with Gasteiger partial charge in [-0.05, 0) is 38.9 Å². The van der Waals surface area contributed by atoms with Crippen LogP contribution in [0.5, 0.6) is 5.75 Å². The molecule has 4 rings (SSSR count). The zero-order valence-electron chi connectivity index (χ0n) is 14.8. The van der Waals surface area contributed by atoms with Gasteiger partial charge in [0.25, 0.3) is 0 Å². The number of fused-ring (bicyclic) bond motifs is 1. The van der Waals surface area contributed by atoms with Gasteiger partial charge in [-0.25, -0.2) is 5.43 Å². The molecule has 2 fully saturated rings. The summed E-state index contributed by atoms with van der Waals surface area (Å²) in [5.74, 6) is 1.43. The van der Waals surface area contributed by atoms with Gasteiger partial charge in [0.1, 0.15) is 11.9 Å². The minimum Gasteiger partial charge on any atom is -0.496 e. The van der Waals surface area contributed by atoms with E-state index in [0.717, 1.165) is 42.9 Å². The Balaban J connectivity index is 1.67. The molecular weight excluding hydrogens is 316 g/mol. The first-order chi connectivity index (χ1) is 12.2. The summed E-state index contributed by atoms with van der Waals surface area (Å²) >= 11 is 0. The van der Waals surface area contributed by atoms with Crippen molar-refractivity contribution in [3.05, 3.63) is 41.6 Å². The van der Waals surface area contributed by atoms with Gasteiger partial charge in [0.2, 0.25) is 5.91 Å². The largest absolute Gasteiger partial charge is 0.496 e. The van der Waals surface area contributed by atoms with Gasteiger partial charge in [0, 0.05) is 35.2 Å². The van der Waals surface area contributed by atoms with Crippen LogP contribution in [0.1, 0.15) is 31.2 Å². The van der Waals surface area contributed by atoms with Crippen LogP contribution in [-0.4, -0.2) is 43.3 Å². The molecule has 6 nitrogen and oxygen atoms in total. The van der Waals surface area contributed by atoms with Crippen molar-refractivity contribution >= 4 is 5.91 Å². The van der Waals surface area contributed by atoms with Gasteiger partial charge in [-0.3, -0.25) is 9.80 Å². The lowest BCUT2D eigenvalue weighted by Crippen LogP contribution is -2.54. The third-order valence-electron chi connectivity index (χ3n) is 5.60. The quantitative estimate of drug-likeness (QED) is 0.773. The number of hydrogen-bond acceptors (Lipinski definition) is 5. The number of hydrogen-bond donors (Lipinski definition) is 3. The zero-order valence-corrected chi connectivity index (χ0v) is 14.8. The SMILES string of the molecule is COc1ccccc1C1C(C)NN2C(C3CCNCC3)=CC(=O)NC12. The first-order valence-electron chi connectivity index (χ1n) is 9.10. The third-order valence-corrected chi connectivity index (χ3v) is 5.60. The van der Waals surface area contributed by atoms with Crippen LogP contribution in [-0.2, 0) is 4.79 Å². The number of methoxy groups -OCH3 is 1. The fourth-order valence-corrected chi connectivity index (χ4v) is 4.41. The smallest absolute Gasteiger partial charge is 0.247 e. The molecule has 0 radical (unpaired) electrons. The lowest BCUT2D eigenvalue weighted by molar-refractivity contribution is -0.119. The highest BCUT2D eigenvalue weighted by atomic mass is 16.5. The Kier molecular flexibility index (Phi) is 4.39. The molecule has 3 unspecified atom stereocenters. The van der Waals surface area contributed by atoms with Gasteiger partial charge in [-0.2, -0.15) is 0 Å². The van der Waals surface area contributed by atoms with Crippen molar-refractivity contribution in [1.29, 1.82) is 0 Å². The Morgan fingerprint density at radius 2 is 1.96 bits per heavy atom. The van der Waals surface area contributed by atoms with Crippen LogP contribution in [0.2, 0.25) is 0 Å². The van der Waals surface area contributed by atoms with Crippen molar-refractivity contribution in [2.45, 2.75) is 37.9 Å². The van der Waals surface area contributed by atoms with Crippen molar-refractivity contribution in [3.63, 3.8) is 0 Å². The first kappa shape index (κ1) is 16.4. The molecule has 0 aromatic heterocycles. The van der Waals surface area contributed by atoms with Crippen LogP contribution in [0.3, 0.4) is 0 Å². The minimum absolute atomic E-state index is 0.00517. The van der Waals surface area contributed by atoms with Gasteiger partial charge in [-0.15, -0.1) is 0 Å². The fraction of sp³-hybridized carbons (Fsp3) is 0.526. The number of benzene rings is 1. The average molecular weight is 342 g/mol. The number of rotatable bonds is 3. The molecule has 25 heavy (non-hydrogen) atoms. The van der Waals surface area contributed by atoms with E-state index in [2.05, 4.69) is 34.1 Å². The highest BCUT2D eigenvalue weighted by molar-refractivity contribution is 5.89. The van der Waals surface area contributed by atoms with Crippen LogP contribution in [0, 0.1) is 5.92 Å². The summed E-state index contributed by atoms with van der Waals surface area (Å²) in [4.78, 5) is 12.4. The highest BCUT2D eigenvalue weighted by Crippen LogP contribution is 2.40. The summed E-state index contributed by atoms with van der Waals surface area (Å²) in [6, 6.07) is 8.29. The Hall–Kier alpha value is -2.05. The summed E-state index contributed by atoms with van der Waals surface area (Å²) in [5.41, 5.74) is 5.85. The monoisotopic (exact) mass is 342 g/mol. The van der Waals surface area contributed by atoms with E-state index in [1.54, 1.807) is 13.2 Å². The Bertz CT molecular complexity index is 684. The second-order valence-electron chi connectivity index (χ2n) is 7.10. The standard InChI is InChI=1S/C19H26N4O2/c1-12-18(14-5-3-4-6-16(14)25-2)19-21-17(24)11-15(23(19)22-12)13-7-9-20-10-8-13/h3-6,11-13,18-20,22H,7-10H2,1-2H3,(H,21,24). The molecule has 0 saturated carbocycles. The van der Waals surface area contributed by atoms with Crippen molar-refractivity contribution < 1.29 is 9.53 Å². The Morgan fingerprint density at radius 3 is 2.72 bits per heavy atom. The molecule has 1 aromatic carbocycles. The average Bonchev–Trinajstić information content (AvgIpc) is 2.97. The molecule has 0 spiro atoms. The predicted molar refractivity (Wildman–Crippen MR) is 95.8 cm³/mol. The number of hydrazine groups is 1. The highest BCUT2D eigenvalue weighted by Gasteiger charge is 2.46. The molecule has 0 aliphatic carbocycles. The van der Waals surface area contributed by atoms with E-state index >= 15 is 0 Å². The van der Waals surface area contributed by atoms with Gasteiger partial charge in [0.15, 0.2) is 0 Å².